The Morgan fingerprint density at radius 3 is 2.33 bits per heavy atom. The number of nitrogens with one attached hydrogen (secondary N) is 1. The molecule has 0 aliphatic carbocycles. The summed E-state index contributed by atoms with van der Waals surface area (Å²) in [5.74, 6) is 0. The Balaban J connectivity index is 2.48. The first-order valence-corrected chi connectivity index (χ1v) is 5.83. The summed E-state index contributed by atoms with van der Waals surface area (Å²) in [6.45, 7) is 7.62. The van der Waals surface area contributed by atoms with Crippen molar-refractivity contribution in [3.05, 3.63) is 28.2 Å². The first-order chi connectivity index (χ1) is 6.88. The zero-order chi connectivity index (χ0) is 11.5. The van der Waals surface area contributed by atoms with E-state index in [-0.39, 0.29) is 0 Å². The summed E-state index contributed by atoms with van der Waals surface area (Å²) in [5.41, 5.74) is 1.37. The van der Waals surface area contributed by atoms with E-state index in [0.717, 1.165) is 18.7 Å². The summed E-state index contributed by atoms with van der Waals surface area (Å²) < 4.78 is 0. The van der Waals surface area contributed by atoms with Crippen LogP contribution < -0.4 is 5.32 Å². The molecule has 0 fully saturated rings. The van der Waals surface area contributed by atoms with Gasteiger partial charge in [-0.05, 0) is 30.0 Å². The quantitative estimate of drug-likeness (QED) is 0.804. The highest BCUT2D eigenvalue weighted by atomic mass is 35.5. The van der Waals surface area contributed by atoms with Gasteiger partial charge < -0.3 is 5.32 Å². The minimum atomic E-state index is 0.350. The van der Waals surface area contributed by atoms with E-state index < -0.39 is 0 Å². The van der Waals surface area contributed by atoms with Crippen molar-refractivity contribution in [2.24, 2.45) is 5.41 Å². The van der Waals surface area contributed by atoms with Gasteiger partial charge in [0.05, 0.1) is 10.0 Å². The first-order valence-electron chi connectivity index (χ1n) is 5.07. The van der Waals surface area contributed by atoms with Crippen LogP contribution in [0.15, 0.2) is 18.2 Å². The third-order valence-electron chi connectivity index (χ3n) is 2.12. The molecule has 1 aromatic carbocycles. The third-order valence-corrected chi connectivity index (χ3v) is 2.86. The number of halogens is 2. The molecule has 0 unspecified atom stereocenters. The third kappa shape index (κ3) is 4.76. The average molecular weight is 246 g/mol. The van der Waals surface area contributed by atoms with Gasteiger partial charge in [0.15, 0.2) is 0 Å². The van der Waals surface area contributed by atoms with Gasteiger partial charge in [0.2, 0.25) is 0 Å². The zero-order valence-corrected chi connectivity index (χ0v) is 10.9. The summed E-state index contributed by atoms with van der Waals surface area (Å²) in [4.78, 5) is 0. The summed E-state index contributed by atoms with van der Waals surface area (Å²) >= 11 is 11.7. The van der Waals surface area contributed by atoms with Crippen molar-refractivity contribution in [2.75, 3.05) is 11.9 Å². The van der Waals surface area contributed by atoms with Gasteiger partial charge >= 0.3 is 0 Å². The Bertz CT molecular complexity index is 329. The molecule has 3 heteroatoms. The highest BCUT2D eigenvalue weighted by Gasteiger charge is 2.09. The second-order valence-electron chi connectivity index (χ2n) is 4.87. The molecule has 1 aromatic rings. The van der Waals surface area contributed by atoms with Crippen molar-refractivity contribution >= 4 is 28.9 Å². The largest absolute Gasteiger partial charge is 0.385 e. The minimum absolute atomic E-state index is 0.350. The van der Waals surface area contributed by atoms with E-state index in [1.165, 1.54) is 0 Å². The molecular formula is C12H17Cl2N. The lowest BCUT2D eigenvalue weighted by Crippen LogP contribution is -2.12. The summed E-state index contributed by atoms with van der Waals surface area (Å²) in [7, 11) is 0. The van der Waals surface area contributed by atoms with Crippen LogP contribution in [0.4, 0.5) is 5.69 Å². The molecule has 0 saturated carbocycles. The molecule has 0 saturated heterocycles. The van der Waals surface area contributed by atoms with E-state index in [4.69, 9.17) is 23.2 Å². The van der Waals surface area contributed by atoms with Crippen LogP contribution in [0.3, 0.4) is 0 Å². The monoisotopic (exact) mass is 245 g/mol. The Labute approximate surface area is 102 Å². The SMILES string of the molecule is CC(C)(C)CCNc1ccc(Cl)c(Cl)c1. The Morgan fingerprint density at radius 2 is 1.80 bits per heavy atom. The Hall–Kier alpha value is -0.400. The molecule has 0 radical (unpaired) electrons. The van der Waals surface area contributed by atoms with Crippen LogP contribution in [0.1, 0.15) is 27.2 Å². The van der Waals surface area contributed by atoms with Gasteiger partial charge in [0.25, 0.3) is 0 Å². The van der Waals surface area contributed by atoms with E-state index in [1.807, 2.05) is 18.2 Å². The van der Waals surface area contributed by atoms with Crippen molar-refractivity contribution in [1.82, 2.24) is 0 Å². The van der Waals surface area contributed by atoms with Gasteiger partial charge in [-0.25, -0.2) is 0 Å². The number of hydrogen-bond acceptors (Lipinski definition) is 1. The molecule has 0 aromatic heterocycles. The van der Waals surface area contributed by atoms with Gasteiger partial charge in [-0.1, -0.05) is 44.0 Å². The normalized spacial score (nSPS) is 11.5. The van der Waals surface area contributed by atoms with Crippen molar-refractivity contribution < 1.29 is 0 Å². The number of hydrogen-bond donors (Lipinski definition) is 1. The molecule has 0 spiro atoms. The van der Waals surface area contributed by atoms with Crippen LogP contribution in [0.5, 0.6) is 0 Å². The number of rotatable bonds is 3. The summed E-state index contributed by atoms with van der Waals surface area (Å²) in [6.07, 6.45) is 1.12. The summed E-state index contributed by atoms with van der Waals surface area (Å²) in [5, 5.41) is 4.52. The smallest absolute Gasteiger partial charge is 0.0612 e. The molecule has 1 N–H and O–H groups in total. The van der Waals surface area contributed by atoms with Crippen LogP contribution in [-0.4, -0.2) is 6.54 Å². The molecule has 15 heavy (non-hydrogen) atoms. The predicted molar refractivity (Wildman–Crippen MR) is 69.0 cm³/mol. The number of benzene rings is 1. The Morgan fingerprint density at radius 1 is 1.13 bits per heavy atom. The predicted octanol–water partition coefficient (Wildman–Crippen LogP) is 4.84. The van der Waals surface area contributed by atoms with Crippen molar-refractivity contribution in [1.29, 1.82) is 0 Å². The molecule has 1 rings (SSSR count). The van der Waals surface area contributed by atoms with Crippen molar-refractivity contribution in [2.45, 2.75) is 27.2 Å². The van der Waals surface area contributed by atoms with Crippen molar-refractivity contribution in [3.63, 3.8) is 0 Å². The van der Waals surface area contributed by atoms with Crippen LogP contribution >= 0.6 is 23.2 Å². The fraction of sp³-hybridized carbons (Fsp3) is 0.500. The lowest BCUT2D eigenvalue weighted by molar-refractivity contribution is 0.390. The van der Waals surface area contributed by atoms with Gasteiger partial charge in [-0.3, -0.25) is 0 Å². The van der Waals surface area contributed by atoms with E-state index >= 15 is 0 Å². The first kappa shape index (κ1) is 12.7. The topological polar surface area (TPSA) is 12.0 Å². The van der Waals surface area contributed by atoms with E-state index in [2.05, 4.69) is 26.1 Å². The molecule has 1 nitrogen and oxygen atoms in total. The van der Waals surface area contributed by atoms with Crippen LogP contribution in [0.2, 0.25) is 10.0 Å². The van der Waals surface area contributed by atoms with E-state index in [9.17, 15) is 0 Å². The lowest BCUT2D eigenvalue weighted by atomic mass is 9.92. The lowest BCUT2D eigenvalue weighted by Gasteiger charge is -2.18. The molecule has 0 bridgehead atoms. The molecule has 0 aliphatic heterocycles. The average Bonchev–Trinajstić information content (AvgIpc) is 2.09. The van der Waals surface area contributed by atoms with Crippen LogP contribution in [0, 0.1) is 5.41 Å². The van der Waals surface area contributed by atoms with Gasteiger partial charge in [0.1, 0.15) is 0 Å². The van der Waals surface area contributed by atoms with Gasteiger partial charge in [-0.2, -0.15) is 0 Å². The summed E-state index contributed by atoms with van der Waals surface area (Å²) in [6, 6.07) is 5.60. The maximum absolute atomic E-state index is 5.91. The maximum Gasteiger partial charge on any atom is 0.0612 e. The molecular weight excluding hydrogens is 229 g/mol. The highest BCUT2D eigenvalue weighted by Crippen LogP contribution is 2.25. The standard InChI is InChI=1S/C12H17Cl2N/c1-12(2,3)6-7-15-9-4-5-10(13)11(14)8-9/h4-5,8,15H,6-7H2,1-3H3. The van der Waals surface area contributed by atoms with E-state index in [1.54, 1.807) is 0 Å². The van der Waals surface area contributed by atoms with Crippen LogP contribution in [-0.2, 0) is 0 Å². The second-order valence-corrected chi connectivity index (χ2v) is 5.68. The fourth-order valence-corrected chi connectivity index (χ4v) is 1.49. The fourth-order valence-electron chi connectivity index (χ4n) is 1.19. The molecule has 84 valence electrons. The second kappa shape index (κ2) is 5.09. The van der Waals surface area contributed by atoms with Gasteiger partial charge in [-0.15, -0.1) is 0 Å². The Kier molecular flexibility index (Phi) is 4.30. The van der Waals surface area contributed by atoms with E-state index in [0.29, 0.717) is 15.5 Å². The van der Waals surface area contributed by atoms with Gasteiger partial charge in [0, 0.05) is 12.2 Å². The molecule has 0 aliphatic rings. The highest BCUT2D eigenvalue weighted by molar-refractivity contribution is 6.42. The molecule has 0 heterocycles. The zero-order valence-electron chi connectivity index (χ0n) is 9.40. The maximum atomic E-state index is 5.91. The molecule has 0 atom stereocenters. The minimum Gasteiger partial charge on any atom is -0.385 e. The van der Waals surface area contributed by atoms with Crippen LogP contribution in [0.25, 0.3) is 0 Å². The van der Waals surface area contributed by atoms with Crippen molar-refractivity contribution in [3.8, 4) is 0 Å². The molecule has 0 amide bonds. The number of anilines is 1.